The van der Waals surface area contributed by atoms with Gasteiger partial charge in [0.25, 0.3) is 0 Å². The summed E-state index contributed by atoms with van der Waals surface area (Å²) in [6.07, 6.45) is 3.37. The van der Waals surface area contributed by atoms with Crippen molar-refractivity contribution < 1.29 is 97.6 Å². The Morgan fingerprint density at radius 3 is 1.15 bits per heavy atom. The van der Waals surface area contributed by atoms with Crippen molar-refractivity contribution in [3.63, 3.8) is 0 Å². The van der Waals surface area contributed by atoms with Crippen LogP contribution in [0.1, 0.15) is 93.9 Å². The Morgan fingerprint density at radius 1 is 0.447 bits per heavy atom. The molecule has 47 heteroatoms. The number of anilines is 4. The molecule has 0 spiro atoms. The summed E-state index contributed by atoms with van der Waals surface area (Å²) in [4.78, 5) is 132. The van der Waals surface area contributed by atoms with E-state index in [4.69, 9.17) is 46.4 Å². The fourth-order valence-corrected chi connectivity index (χ4v) is 15.5. The average molecular weight is 1820 g/mol. The molecule has 9 N–H and O–H groups in total. The summed E-state index contributed by atoms with van der Waals surface area (Å²) in [5, 5.41) is 21.8. The Labute approximate surface area is 718 Å². The number of halogens is 17. The third kappa shape index (κ3) is 20.0. The van der Waals surface area contributed by atoms with Gasteiger partial charge in [-0.2, -0.15) is 52.7 Å². The van der Waals surface area contributed by atoms with Gasteiger partial charge in [-0.3, -0.25) is 19.2 Å². The molecule has 4 aliphatic rings. The zero-order valence-corrected chi connectivity index (χ0v) is 67.4. The first-order valence-corrected chi connectivity index (χ1v) is 38.9. The van der Waals surface area contributed by atoms with Gasteiger partial charge in [-0.05, 0) is 109 Å². The minimum absolute atomic E-state index is 0. The third-order valence-electron chi connectivity index (χ3n) is 20.8. The fourth-order valence-electron chi connectivity index (χ4n) is 14.8. The number of carboxylic acid groups (broad SMARTS) is 1. The summed E-state index contributed by atoms with van der Waals surface area (Å²) in [6, 6.07) is 9.10. The Bertz CT molecular complexity index is 5850. The highest BCUT2D eigenvalue weighted by molar-refractivity contribution is 6.32. The molecule has 4 amide bonds. The standard InChI is InChI=1S/C19H17ClF4N6O.C19H16ClF3N6O3.2C19H18ClF3N6O.8H2/c1-18(17(31)28-9-19(22,23)24)3-2-4-30(18)16-13(21)8-27-15(29-16)12-7-26-14-11(12)5-10(20)6-25-14;20-9-4-10-11(6-25-14(10)24-5-9)15-26-7-12(18(31)32)16(28-15)29-3-1-2-13(29)17(30)27-8-19(21,22)23;2*1-18(17(30)27-10-19(21,22)23)4-2-6-29(18)14-3-5-24-16(28-14)13-9-26-15-12(13)7-11(20)8-25-15;;;;;;;;/h5-8H,2-4,9H2,1H3,(H,25,26)(H,28,31);4-7,13H,1-3,8H2,(H,24,25)(H,27,30)(H,31,32);2*3,5,7-9H,2,4,6,10H2,1H3,(H,25,26)(H,27,30);8*1H/t;13-;18-;;;;;;;;;/m.10........./s1. The highest BCUT2D eigenvalue weighted by Gasteiger charge is 2.49. The quantitative estimate of drug-likeness (QED) is 0.0382. The van der Waals surface area contributed by atoms with Gasteiger partial charge in [-0.15, -0.1) is 0 Å². The van der Waals surface area contributed by atoms with Crippen molar-refractivity contribution in [2.75, 3.05) is 72.0 Å². The zero-order valence-electron chi connectivity index (χ0n) is 64.4. The fraction of sp³-hybridized carbons (Fsp3) is 0.355. The second-order valence-electron chi connectivity index (χ2n) is 29.3. The van der Waals surface area contributed by atoms with Crippen molar-refractivity contribution >= 4 is 143 Å². The number of aromatic amines is 4. The van der Waals surface area contributed by atoms with E-state index in [0.29, 0.717) is 151 Å². The molecule has 0 aliphatic carbocycles. The summed E-state index contributed by atoms with van der Waals surface area (Å²) >= 11 is 24.2. The lowest BCUT2D eigenvalue weighted by atomic mass is 9.97. The van der Waals surface area contributed by atoms with E-state index >= 15 is 0 Å². The van der Waals surface area contributed by atoms with Gasteiger partial charge in [0.2, 0.25) is 23.6 Å². The molecule has 12 aromatic heterocycles. The minimum Gasteiger partial charge on any atom is -0.477 e. The van der Waals surface area contributed by atoms with E-state index in [1.807, 2.05) is 21.3 Å². The molecule has 4 atom stereocenters. The molecular formula is C76H85Cl4F13N24O6. The number of carbonyl (C=O) groups excluding carboxylic acids is 4. The number of alkyl halides is 12. The summed E-state index contributed by atoms with van der Waals surface area (Å²) in [7, 11) is 0. The first-order valence-electron chi connectivity index (χ1n) is 37.4. The Balaban J connectivity index is 0.000000303. The van der Waals surface area contributed by atoms with Crippen LogP contribution in [0.3, 0.4) is 0 Å². The predicted molar refractivity (Wildman–Crippen MR) is 444 cm³/mol. The largest absolute Gasteiger partial charge is 0.477 e. The van der Waals surface area contributed by atoms with Crippen LogP contribution in [0, 0.1) is 5.82 Å². The maximum atomic E-state index is 14.7. The van der Waals surface area contributed by atoms with Gasteiger partial charge in [-0.25, -0.2) is 69.0 Å². The second-order valence-corrected chi connectivity index (χ2v) is 31.0. The van der Waals surface area contributed by atoms with Crippen molar-refractivity contribution in [2.24, 2.45) is 0 Å². The molecule has 4 fully saturated rings. The number of pyridine rings is 4. The normalized spacial score (nSPS) is 18.6. The number of fused-ring (bicyclic) bond motifs is 4. The number of hydrogen-bond donors (Lipinski definition) is 9. The van der Waals surface area contributed by atoms with Crippen LogP contribution in [-0.4, -0.2) is 214 Å². The lowest BCUT2D eigenvalue weighted by Gasteiger charge is -2.35. The van der Waals surface area contributed by atoms with Crippen molar-refractivity contribution in [1.29, 1.82) is 0 Å². The van der Waals surface area contributed by atoms with Gasteiger partial charge in [0.1, 0.15) is 94.4 Å². The molecule has 16 heterocycles. The van der Waals surface area contributed by atoms with Crippen LogP contribution in [0.25, 0.3) is 89.7 Å². The van der Waals surface area contributed by atoms with Crippen LogP contribution in [0.2, 0.25) is 20.1 Å². The van der Waals surface area contributed by atoms with Gasteiger partial charge in [0.05, 0.1) is 26.3 Å². The Hall–Kier alpha value is -12.1. The van der Waals surface area contributed by atoms with Crippen molar-refractivity contribution in [3.05, 3.63) is 142 Å². The molecule has 123 heavy (non-hydrogen) atoms. The molecule has 16 rings (SSSR count). The topological polar surface area (TPSA) is 384 Å². The first kappa shape index (κ1) is 88.7. The molecule has 664 valence electrons. The maximum Gasteiger partial charge on any atom is 0.405 e. The second kappa shape index (κ2) is 35.4. The van der Waals surface area contributed by atoms with E-state index in [2.05, 4.69) is 79.7 Å². The third-order valence-corrected chi connectivity index (χ3v) is 21.6. The number of nitrogens with zero attached hydrogens (tertiary/aromatic N) is 16. The molecule has 4 aliphatic heterocycles. The lowest BCUT2D eigenvalue weighted by molar-refractivity contribution is -0.141. The number of carboxylic acids is 1. The number of aromatic carboxylic acids is 1. The smallest absolute Gasteiger partial charge is 0.405 e. The van der Waals surface area contributed by atoms with Crippen molar-refractivity contribution in [3.8, 4) is 45.6 Å². The molecule has 0 bridgehead atoms. The maximum absolute atomic E-state index is 14.7. The highest BCUT2D eigenvalue weighted by Crippen LogP contribution is 2.42. The van der Waals surface area contributed by atoms with E-state index in [1.54, 1.807) is 97.2 Å². The number of carbonyl (C=O) groups is 5. The van der Waals surface area contributed by atoms with Crippen LogP contribution in [0.5, 0.6) is 0 Å². The number of aromatic nitrogens is 16. The molecular weight excluding hydrogens is 1730 g/mol. The Kier molecular flexibility index (Phi) is 25.5. The van der Waals surface area contributed by atoms with Gasteiger partial charge in [0, 0.05) is 150 Å². The van der Waals surface area contributed by atoms with E-state index in [0.717, 1.165) is 23.2 Å². The van der Waals surface area contributed by atoms with Gasteiger partial charge in [-0.1, -0.05) is 46.4 Å². The van der Waals surface area contributed by atoms with Gasteiger partial charge in [0.15, 0.2) is 34.9 Å². The van der Waals surface area contributed by atoms with Crippen molar-refractivity contribution in [1.82, 2.24) is 101 Å². The predicted octanol–water partition coefficient (Wildman–Crippen LogP) is 16.3. The zero-order chi connectivity index (χ0) is 88.5. The first-order chi connectivity index (χ1) is 58.1. The number of hydrogen-bond acceptors (Lipinski definition) is 21. The molecule has 0 radical (unpaired) electrons. The van der Waals surface area contributed by atoms with E-state index < -0.39 is 109 Å². The van der Waals surface area contributed by atoms with Crippen LogP contribution >= 0.6 is 46.4 Å². The van der Waals surface area contributed by atoms with E-state index in [-0.39, 0.29) is 66.2 Å². The SMILES string of the molecule is CC1(C(=O)NCC(F)(F)F)CCCN1c1ccnc(-c2c[nH]c3ncc(Cl)cc23)n1.CC1(C(=O)NCC(F)(F)F)CCCN1c1nc(-c2c[nH]c3ncc(Cl)cc23)ncc1F.C[C@@]1(C(=O)NCC(F)(F)F)CCCN1c1ccnc(-c2c[nH]c3ncc(Cl)cc23)n1.O=C(O)c1cnc(-c2c[nH]c3ncc(Cl)cc23)nc1N1CCC[C@@H]1C(=O)NCC(F)(F)F.[HH].[HH].[HH].[HH].[HH].[HH].[HH].[HH]. The molecule has 30 nitrogen and oxygen atoms in total. The highest BCUT2D eigenvalue weighted by atomic mass is 35.5. The molecule has 4 saturated heterocycles. The summed E-state index contributed by atoms with van der Waals surface area (Å²) in [6.45, 7) is 0.554. The van der Waals surface area contributed by atoms with Crippen LogP contribution in [-0.2, 0) is 19.2 Å². The van der Waals surface area contributed by atoms with E-state index in [1.165, 1.54) is 41.5 Å². The average Bonchev–Trinajstić information content (AvgIpc) is 1.65. The number of rotatable bonds is 17. The van der Waals surface area contributed by atoms with E-state index in [9.17, 15) is 86.2 Å². The lowest BCUT2D eigenvalue weighted by Crippen LogP contribution is -2.55. The number of nitrogens with one attached hydrogen (secondary N) is 8. The molecule has 12 aromatic rings. The van der Waals surface area contributed by atoms with Crippen LogP contribution in [0.15, 0.2) is 111 Å². The summed E-state index contributed by atoms with van der Waals surface area (Å²) in [5.41, 5.74) is 0.774. The van der Waals surface area contributed by atoms with Gasteiger partial charge >= 0.3 is 30.7 Å². The molecule has 0 saturated carbocycles. The van der Waals surface area contributed by atoms with Crippen LogP contribution < -0.4 is 40.9 Å². The monoisotopic (exact) mass is 1820 g/mol. The van der Waals surface area contributed by atoms with Gasteiger partial charge < -0.3 is 65.9 Å². The molecule has 0 aromatic carbocycles. The van der Waals surface area contributed by atoms with Crippen LogP contribution in [0.4, 0.5) is 80.3 Å². The summed E-state index contributed by atoms with van der Waals surface area (Å²) in [5.74, 6) is -3.32. The summed E-state index contributed by atoms with van der Waals surface area (Å²) < 4.78 is 165. The number of amides is 4. The number of H-pyrrole nitrogens is 4. The molecule has 2 unspecified atom stereocenters. The van der Waals surface area contributed by atoms with Crippen molar-refractivity contribution in [2.45, 2.75) is 120 Å². The minimum atomic E-state index is -4.56. The Morgan fingerprint density at radius 2 is 0.780 bits per heavy atom.